The number of aliphatic hydroxyl groups is 1. The largest absolute Gasteiger partial charge is 0.393 e. The monoisotopic (exact) mass is 300 g/mol. The van der Waals surface area contributed by atoms with Crippen LogP contribution in [0.3, 0.4) is 0 Å². The van der Waals surface area contributed by atoms with Crippen molar-refractivity contribution in [3.8, 4) is 0 Å². The Balaban J connectivity index is 1.99. The van der Waals surface area contributed by atoms with E-state index in [0.717, 1.165) is 0 Å². The van der Waals surface area contributed by atoms with E-state index in [0.29, 0.717) is 49.1 Å². The molecule has 2 heterocycles. The molecule has 1 fully saturated rings. The van der Waals surface area contributed by atoms with Crippen LogP contribution in [-0.2, 0) is 4.74 Å². The smallest absolute Gasteiger partial charge is 0.267 e. The number of hydrogen-bond acceptors (Lipinski definition) is 7. The van der Waals surface area contributed by atoms with E-state index in [2.05, 4.69) is 10.3 Å². The Labute approximate surface area is 121 Å². The van der Waals surface area contributed by atoms with Crippen LogP contribution in [0.15, 0.2) is 0 Å². The van der Waals surface area contributed by atoms with Crippen molar-refractivity contribution >= 4 is 28.2 Å². The number of rotatable bonds is 5. The minimum Gasteiger partial charge on any atom is -0.393 e. The zero-order chi connectivity index (χ0) is 14.5. The molecule has 0 aromatic carbocycles. The highest BCUT2D eigenvalue weighted by molar-refractivity contribution is 7.18. The minimum atomic E-state index is -0.302. The number of nitrogens with zero attached hydrogens (tertiary/aromatic N) is 2. The fourth-order valence-electron chi connectivity index (χ4n) is 2.03. The molecule has 0 spiro atoms. The van der Waals surface area contributed by atoms with Crippen LogP contribution in [0.2, 0.25) is 0 Å². The second-order valence-corrected chi connectivity index (χ2v) is 5.68. The summed E-state index contributed by atoms with van der Waals surface area (Å²) < 4.78 is 4.94. The van der Waals surface area contributed by atoms with Crippen LogP contribution >= 0.6 is 11.3 Å². The second-order valence-electron chi connectivity index (χ2n) is 4.68. The fourth-order valence-corrected chi connectivity index (χ4v) is 2.91. The molecule has 0 radical (unpaired) electrons. The van der Waals surface area contributed by atoms with Gasteiger partial charge in [0, 0.05) is 26.7 Å². The Kier molecular flexibility index (Phi) is 5.16. The lowest BCUT2D eigenvalue weighted by Crippen LogP contribution is -2.39. The van der Waals surface area contributed by atoms with Gasteiger partial charge in [-0.15, -0.1) is 0 Å². The Morgan fingerprint density at radius 1 is 1.60 bits per heavy atom. The Hall–Kier alpha value is -1.38. The molecule has 1 aromatic heterocycles. The van der Waals surface area contributed by atoms with Crippen molar-refractivity contribution in [2.75, 3.05) is 44.4 Å². The summed E-state index contributed by atoms with van der Waals surface area (Å²) in [5, 5.41) is 13.2. The van der Waals surface area contributed by atoms with E-state index in [1.54, 1.807) is 12.0 Å². The Bertz CT molecular complexity index is 458. The maximum Gasteiger partial charge on any atom is 0.267 e. The van der Waals surface area contributed by atoms with Gasteiger partial charge in [0.15, 0.2) is 5.13 Å². The highest BCUT2D eigenvalue weighted by Crippen LogP contribution is 2.27. The first-order valence-electron chi connectivity index (χ1n) is 6.58. The summed E-state index contributed by atoms with van der Waals surface area (Å²) in [6.07, 6.45) is 0.927. The number of carbonyl (C=O) groups is 1. The lowest BCUT2D eigenvalue weighted by atomic mass is 10.1. The summed E-state index contributed by atoms with van der Waals surface area (Å²) in [5.74, 6) is 0.151. The van der Waals surface area contributed by atoms with Gasteiger partial charge in [-0.3, -0.25) is 4.79 Å². The van der Waals surface area contributed by atoms with Crippen LogP contribution < -0.4 is 11.1 Å². The minimum absolute atomic E-state index is 0.105. The van der Waals surface area contributed by atoms with E-state index in [-0.39, 0.29) is 17.8 Å². The first-order chi connectivity index (χ1) is 9.61. The van der Waals surface area contributed by atoms with Gasteiger partial charge in [-0.05, 0) is 12.8 Å². The number of anilines is 2. The molecular weight excluding hydrogens is 280 g/mol. The lowest BCUT2D eigenvalue weighted by molar-refractivity contribution is 0.0551. The van der Waals surface area contributed by atoms with Crippen molar-refractivity contribution in [3.63, 3.8) is 0 Å². The van der Waals surface area contributed by atoms with Gasteiger partial charge in [0.25, 0.3) is 5.91 Å². The van der Waals surface area contributed by atoms with Gasteiger partial charge < -0.3 is 25.8 Å². The maximum absolute atomic E-state index is 12.4. The van der Waals surface area contributed by atoms with Gasteiger partial charge in [-0.1, -0.05) is 11.3 Å². The summed E-state index contributed by atoms with van der Waals surface area (Å²) >= 11 is 1.26. The third-order valence-corrected chi connectivity index (χ3v) is 4.20. The zero-order valence-electron chi connectivity index (χ0n) is 11.5. The number of aliphatic hydroxyl groups excluding tert-OH is 1. The number of methoxy groups -OCH3 is 1. The van der Waals surface area contributed by atoms with E-state index < -0.39 is 0 Å². The predicted octanol–water partition coefficient (Wildman–Crippen LogP) is 0.381. The van der Waals surface area contributed by atoms with Crippen molar-refractivity contribution in [2.24, 2.45) is 0 Å². The first-order valence-corrected chi connectivity index (χ1v) is 7.40. The number of likely N-dealkylation sites (tertiary alicyclic amines) is 1. The van der Waals surface area contributed by atoms with E-state index in [1.165, 1.54) is 11.3 Å². The fraction of sp³-hybridized carbons (Fsp3) is 0.667. The molecule has 1 aliphatic heterocycles. The van der Waals surface area contributed by atoms with Crippen LogP contribution in [0, 0.1) is 0 Å². The van der Waals surface area contributed by atoms with Gasteiger partial charge in [-0.25, -0.2) is 4.98 Å². The number of carbonyl (C=O) groups excluding carboxylic acids is 1. The summed E-state index contributed by atoms with van der Waals surface area (Å²) in [4.78, 5) is 18.7. The third kappa shape index (κ3) is 3.59. The van der Waals surface area contributed by atoms with Crippen molar-refractivity contribution < 1.29 is 14.6 Å². The summed E-state index contributed by atoms with van der Waals surface area (Å²) in [6.45, 7) is 2.30. The number of nitrogens with two attached hydrogens (primary N) is 1. The second kappa shape index (κ2) is 6.87. The van der Waals surface area contributed by atoms with Gasteiger partial charge in [0.05, 0.1) is 12.7 Å². The molecule has 1 saturated heterocycles. The van der Waals surface area contributed by atoms with Crippen molar-refractivity contribution in [1.29, 1.82) is 0 Å². The number of nitrogens with one attached hydrogen (secondary N) is 1. The molecule has 0 saturated carbocycles. The number of hydrogen-bond donors (Lipinski definition) is 3. The zero-order valence-corrected chi connectivity index (χ0v) is 12.3. The Morgan fingerprint density at radius 2 is 2.30 bits per heavy atom. The molecule has 1 aromatic rings. The molecule has 1 aliphatic rings. The van der Waals surface area contributed by atoms with Crippen LogP contribution in [-0.4, -0.2) is 60.4 Å². The quantitative estimate of drug-likeness (QED) is 0.680. The number of aromatic nitrogens is 1. The van der Waals surface area contributed by atoms with E-state index in [9.17, 15) is 9.90 Å². The molecule has 20 heavy (non-hydrogen) atoms. The number of amides is 1. The standard InChI is InChI=1S/C12H20N4O3S/c1-19-7-4-14-12-15-10(13)9(20-12)11(18)16-5-2-8(17)3-6-16/h8,17H,2-7,13H2,1H3,(H,14,15). The molecule has 0 bridgehead atoms. The highest BCUT2D eigenvalue weighted by Gasteiger charge is 2.25. The molecular formula is C12H20N4O3S. The highest BCUT2D eigenvalue weighted by atomic mass is 32.1. The topological polar surface area (TPSA) is 101 Å². The van der Waals surface area contributed by atoms with Crippen molar-refractivity contribution in [1.82, 2.24) is 9.88 Å². The van der Waals surface area contributed by atoms with Gasteiger partial charge in [-0.2, -0.15) is 0 Å². The summed E-state index contributed by atoms with van der Waals surface area (Å²) in [6, 6.07) is 0. The van der Waals surface area contributed by atoms with Crippen LogP contribution in [0.25, 0.3) is 0 Å². The van der Waals surface area contributed by atoms with Gasteiger partial charge >= 0.3 is 0 Å². The first kappa shape index (κ1) is 15.0. The van der Waals surface area contributed by atoms with E-state index in [4.69, 9.17) is 10.5 Å². The molecule has 7 nitrogen and oxygen atoms in total. The summed E-state index contributed by atoms with van der Waals surface area (Å²) in [5.41, 5.74) is 5.81. The molecule has 1 amide bonds. The van der Waals surface area contributed by atoms with Crippen LogP contribution in [0.5, 0.6) is 0 Å². The number of nitrogen functional groups attached to an aromatic ring is 1. The molecule has 0 unspecified atom stereocenters. The lowest BCUT2D eigenvalue weighted by Gasteiger charge is -2.29. The molecule has 4 N–H and O–H groups in total. The van der Waals surface area contributed by atoms with Gasteiger partial charge in [0.1, 0.15) is 10.7 Å². The number of piperidine rings is 1. The normalized spacial score (nSPS) is 16.4. The summed E-state index contributed by atoms with van der Waals surface area (Å²) in [7, 11) is 1.62. The Morgan fingerprint density at radius 3 is 2.95 bits per heavy atom. The molecule has 112 valence electrons. The van der Waals surface area contributed by atoms with Gasteiger partial charge in [0.2, 0.25) is 0 Å². The number of thiazole rings is 1. The van der Waals surface area contributed by atoms with Crippen LogP contribution in [0.4, 0.5) is 10.9 Å². The SMILES string of the molecule is COCCNc1nc(N)c(C(=O)N2CCC(O)CC2)s1. The average Bonchev–Trinajstić information content (AvgIpc) is 2.80. The third-order valence-electron chi connectivity index (χ3n) is 3.18. The molecule has 0 aliphatic carbocycles. The van der Waals surface area contributed by atoms with E-state index in [1.807, 2.05) is 0 Å². The molecule has 8 heteroatoms. The maximum atomic E-state index is 12.4. The van der Waals surface area contributed by atoms with Crippen LogP contribution in [0.1, 0.15) is 22.5 Å². The average molecular weight is 300 g/mol. The van der Waals surface area contributed by atoms with Crippen molar-refractivity contribution in [3.05, 3.63) is 4.88 Å². The number of ether oxygens (including phenoxy) is 1. The molecule has 0 atom stereocenters. The predicted molar refractivity (Wildman–Crippen MR) is 78.0 cm³/mol. The molecule has 2 rings (SSSR count). The van der Waals surface area contributed by atoms with E-state index >= 15 is 0 Å². The van der Waals surface area contributed by atoms with Crippen molar-refractivity contribution in [2.45, 2.75) is 18.9 Å².